The van der Waals surface area contributed by atoms with Crippen molar-refractivity contribution < 1.29 is 4.74 Å². The first-order valence-electron chi connectivity index (χ1n) is 8.22. The first kappa shape index (κ1) is 16.5. The fraction of sp³-hybridized carbons (Fsp3) is 0.529. The van der Waals surface area contributed by atoms with Crippen LogP contribution in [0.3, 0.4) is 0 Å². The number of thioether (sulfide) groups is 1. The van der Waals surface area contributed by atoms with Gasteiger partial charge in [-0.3, -0.25) is 10.00 Å². The molecule has 5 nitrogen and oxygen atoms in total. The van der Waals surface area contributed by atoms with Gasteiger partial charge in [-0.05, 0) is 5.56 Å². The van der Waals surface area contributed by atoms with Crippen molar-refractivity contribution in [1.82, 2.24) is 20.1 Å². The number of hydrogen-bond acceptors (Lipinski definition) is 5. The number of aryl methyl sites for hydroxylation is 1. The smallest absolute Gasteiger partial charge is 0.180 e. The van der Waals surface area contributed by atoms with E-state index in [4.69, 9.17) is 4.74 Å². The van der Waals surface area contributed by atoms with Gasteiger partial charge in [-0.2, -0.15) is 16.9 Å². The van der Waals surface area contributed by atoms with Gasteiger partial charge in [0.1, 0.15) is 11.9 Å². The fourth-order valence-corrected chi connectivity index (χ4v) is 3.59. The maximum Gasteiger partial charge on any atom is 0.180 e. The summed E-state index contributed by atoms with van der Waals surface area (Å²) in [7, 11) is 0. The molecule has 6 heteroatoms. The number of benzene rings is 1. The lowest BCUT2D eigenvalue weighted by Gasteiger charge is -2.31. The quantitative estimate of drug-likeness (QED) is 0.790. The predicted molar refractivity (Wildman–Crippen MR) is 93.5 cm³/mol. The number of aromatic amines is 1. The van der Waals surface area contributed by atoms with Crippen LogP contribution in [0.1, 0.15) is 30.2 Å². The molecule has 0 amide bonds. The molecule has 2 heterocycles. The lowest BCUT2D eigenvalue weighted by molar-refractivity contribution is -0.0320. The van der Waals surface area contributed by atoms with Gasteiger partial charge in [0.05, 0.1) is 6.61 Å². The summed E-state index contributed by atoms with van der Waals surface area (Å²) in [5.74, 6) is 3.94. The highest BCUT2D eigenvalue weighted by Gasteiger charge is 2.24. The summed E-state index contributed by atoms with van der Waals surface area (Å²) in [5, 5.41) is 7.26. The number of nitrogens with zero attached hydrogens (tertiary/aromatic N) is 3. The fourth-order valence-electron chi connectivity index (χ4n) is 2.63. The van der Waals surface area contributed by atoms with Crippen molar-refractivity contribution in [3.63, 3.8) is 0 Å². The maximum atomic E-state index is 5.83. The van der Waals surface area contributed by atoms with Crippen molar-refractivity contribution in [3.05, 3.63) is 47.5 Å². The van der Waals surface area contributed by atoms with Gasteiger partial charge in [0.2, 0.25) is 0 Å². The second-order valence-corrected chi connectivity index (χ2v) is 6.80. The zero-order chi connectivity index (χ0) is 15.9. The predicted octanol–water partition coefficient (Wildman–Crippen LogP) is 2.67. The first-order valence-corrected chi connectivity index (χ1v) is 9.37. The molecule has 0 spiro atoms. The molecule has 0 bridgehead atoms. The molecule has 1 N–H and O–H groups in total. The van der Waals surface area contributed by atoms with E-state index in [0.29, 0.717) is 0 Å². The summed E-state index contributed by atoms with van der Waals surface area (Å²) in [6, 6.07) is 10.6. The molecule has 0 radical (unpaired) electrons. The van der Waals surface area contributed by atoms with E-state index in [9.17, 15) is 0 Å². The highest BCUT2D eigenvalue weighted by Crippen LogP contribution is 2.20. The van der Waals surface area contributed by atoms with Crippen LogP contribution in [0.5, 0.6) is 0 Å². The monoisotopic (exact) mass is 332 g/mol. The van der Waals surface area contributed by atoms with Gasteiger partial charge in [0.25, 0.3) is 0 Å². The molecule has 1 aromatic carbocycles. The van der Waals surface area contributed by atoms with E-state index in [-0.39, 0.29) is 6.10 Å². The Kier molecular flexibility index (Phi) is 6.07. The average Bonchev–Trinajstić information content (AvgIpc) is 3.09. The normalized spacial score (nSPS) is 19.1. The van der Waals surface area contributed by atoms with E-state index in [1.54, 1.807) is 0 Å². The van der Waals surface area contributed by atoms with Crippen molar-refractivity contribution >= 4 is 11.8 Å². The number of nitrogens with one attached hydrogen (secondary N) is 1. The standard InChI is InChI=1S/C17H24N4OS/c1-2-16-18-17(20-19-16)15-12-21(8-10-22-15)9-11-23-13-14-6-4-3-5-7-14/h3-7,15H,2,8-13H2,1H3,(H,18,19,20)/t15-/m0/s1. The van der Waals surface area contributed by atoms with Gasteiger partial charge < -0.3 is 4.74 Å². The van der Waals surface area contributed by atoms with Crippen LogP contribution in [0.15, 0.2) is 30.3 Å². The number of hydrogen-bond donors (Lipinski definition) is 1. The molecule has 1 fully saturated rings. The van der Waals surface area contributed by atoms with E-state index in [1.165, 1.54) is 5.56 Å². The lowest BCUT2D eigenvalue weighted by Crippen LogP contribution is -2.39. The molecule has 0 saturated carbocycles. The summed E-state index contributed by atoms with van der Waals surface area (Å²) < 4.78 is 5.83. The van der Waals surface area contributed by atoms with E-state index in [0.717, 1.165) is 55.8 Å². The van der Waals surface area contributed by atoms with Gasteiger partial charge in [0.15, 0.2) is 5.82 Å². The van der Waals surface area contributed by atoms with Crippen LogP contribution in [-0.2, 0) is 16.9 Å². The van der Waals surface area contributed by atoms with Crippen molar-refractivity contribution in [3.8, 4) is 0 Å². The second kappa shape index (κ2) is 8.47. The molecule has 1 aliphatic rings. The summed E-state index contributed by atoms with van der Waals surface area (Å²) in [4.78, 5) is 6.95. The number of morpholine rings is 1. The van der Waals surface area contributed by atoms with Crippen molar-refractivity contribution in [1.29, 1.82) is 0 Å². The van der Waals surface area contributed by atoms with Crippen LogP contribution in [-0.4, -0.2) is 52.1 Å². The first-order chi connectivity index (χ1) is 11.3. The molecule has 124 valence electrons. The third-order valence-electron chi connectivity index (χ3n) is 3.99. The van der Waals surface area contributed by atoms with Crippen LogP contribution < -0.4 is 0 Å². The minimum atomic E-state index is -0.000534. The zero-order valence-electron chi connectivity index (χ0n) is 13.6. The molecule has 1 aromatic heterocycles. The largest absolute Gasteiger partial charge is 0.367 e. The van der Waals surface area contributed by atoms with Gasteiger partial charge >= 0.3 is 0 Å². The van der Waals surface area contributed by atoms with E-state index < -0.39 is 0 Å². The zero-order valence-corrected chi connectivity index (χ0v) is 14.4. The number of aromatic nitrogens is 3. The Morgan fingerprint density at radius 3 is 3.00 bits per heavy atom. The maximum absolute atomic E-state index is 5.83. The molecular formula is C17H24N4OS. The van der Waals surface area contributed by atoms with Crippen molar-refractivity contribution in [2.45, 2.75) is 25.2 Å². The Bertz CT molecular complexity index is 589. The molecular weight excluding hydrogens is 308 g/mol. The summed E-state index contributed by atoms with van der Waals surface area (Å²) in [6.45, 7) is 5.79. The summed E-state index contributed by atoms with van der Waals surface area (Å²) >= 11 is 1.98. The molecule has 1 aliphatic heterocycles. The molecule has 0 aliphatic carbocycles. The highest BCUT2D eigenvalue weighted by atomic mass is 32.2. The Morgan fingerprint density at radius 1 is 1.35 bits per heavy atom. The highest BCUT2D eigenvalue weighted by molar-refractivity contribution is 7.98. The Morgan fingerprint density at radius 2 is 2.22 bits per heavy atom. The van der Waals surface area contributed by atoms with Gasteiger partial charge in [-0.1, -0.05) is 37.3 Å². The van der Waals surface area contributed by atoms with Gasteiger partial charge in [0, 0.05) is 37.6 Å². The topological polar surface area (TPSA) is 54.0 Å². The van der Waals surface area contributed by atoms with Gasteiger partial charge in [-0.15, -0.1) is 0 Å². The Labute approximate surface area is 141 Å². The van der Waals surface area contributed by atoms with Crippen LogP contribution in [0, 0.1) is 0 Å². The Hall–Kier alpha value is -1.37. The molecule has 1 saturated heterocycles. The van der Waals surface area contributed by atoms with E-state index >= 15 is 0 Å². The third-order valence-corrected chi connectivity index (χ3v) is 4.99. The molecule has 3 rings (SSSR count). The minimum Gasteiger partial charge on any atom is -0.367 e. The molecule has 0 unspecified atom stereocenters. The second-order valence-electron chi connectivity index (χ2n) is 5.69. The minimum absolute atomic E-state index is 0.000534. The Balaban J connectivity index is 1.42. The van der Waals surface area contributed by atoms with Crippen LogP contribution >= 0.6 is 11.8 Å². The average molecular weight is 332 g/mol. The number of rotatable bonds is 7. The van der Waals surface area contributed by atoms with Crippen molar-refractivity contribution in [2.24, 2.45) is 0 Å². The van der Waals surface area contributed by atoms with Crippen LogP contribution in [0.25, 0.3) is 0 Å². The lowest BCUT2D eigenvalue weighted by atomic mass is 10.2. The van der Waals surface area contributed by atoms with E-state index in [1.807, 2.05) is 11.8 Å². The van der Waals surface area contributed by atoms with Crippen molar-refractivity contribution in [2.75, 3.05) is 32.0 Å². The SMILES string of the molecule is CCc1nc([C@@H]2CN(CCSCc3ccccc3)CCO2)n[nH]1. The summed E-state index contributed by atoms with van der Waals surface area (Å²) in [5.41, 5.74) is 1.39. The summed E-state index contributed by atoms with van der Waals surface area (Å²) in [6.07, 6.45) is 0.874. The van der Waals surface area contributed by atoms with Crippen LogP contribution in [0.4, 0.5) is 0 Å². The molecule has 23 heavy (non-hydrogen) atoms. The number of ether oxygens (including phenoxy) is 1. The van der Waals surface area contributed by atoms with Gasteiger partial charge in [-0.25, -0.2) is 4.98 Å². The third kappa shape index (κ3) is 4.80. The molecule has 1 atom stereocenters. The van der Waals surface area contributed by atoms with E-state index in [2.05, 4.69) is 57.3 Å². The molecule has 2 aromatic rings. The van der Waals surface area contributed by atoms with Crippen LogP contribution in [0.2, 0.25) is 0 Å². The number of H-pyrrole nitrogens is 1.